The molecule has 0 spiro atoms. The van der Waals surface area contributed by atoms with E-state index in [2.05, 4.69) is 24.0 Å². The number of likely N-dealkylation sites (tertiary alicyclic amines) is 1. The number of thiophene rings is 1. The molecule has 1 fully saturated rings. The molecule has 1 aromatic carbocycles. The van der Waals surface area contributed by atoms with Crippen molar-refractivity contribution in [2.24, 2.45) is 5.92 Å². The minimum absolute atomic E-state index is 0.0936. The first-order valence-corrected chi connectivity index (χ1v) is 7.86. The topological polar surface area (TPSA) is 20.3 Å². The van der Waals surface area contributed by atoms with Crippen molar-refractivity contribution < 1.29 is 4.79 Å². The van der Waals surface area contributed by atoms with Crippen LogP contribution in [0.15, 0.2) is 29.6 Å². The van der Waals surface area contributed by atoms with Crippen LogP contribution in [0, 0.1) is 5.92 Å². The van der Waals surface area contributed by atoms with E-state index in [1.54, 1.807) is 11.3 Å². The van der Waals surface area contributed by atoms with Crippen molar-refractivity contribution >= 4 is 27.2 Å². The predicted octanol–water partition coefficient (Wildman–Crippen LogP) is 3.82. The Labute approximate surface area is 118 Å². The van der Waals surface area contributed by atoms with Crippen LogP contribution in [0.3, 0.4) is 0 Å². The van der Waals surface area contributed by atoms with Crippen LogP contribution in [0.25, 0.3) is 10.1 Å². The van der Waals surface area contributed by atoms with Crippen molar-refractivity contribution in [3.63, 3.8) is 0 Å². The van der Waals surface area contributed by atoms with Crippen LogP contribution in [0.4, 0.5) is 0 Å². The van der Waals surface area contributed by atoms with Crippen LogP contribution in [-0.2, 0) is 0 Å². The van der Waals surface area contributed by atoms with E-state index in [1.807, 2.05) is 17.5 Å². The van der Waals surface area contributed by atoms with Crippen molar-refractivity contribution in [2.75, 3.05) is 19.6 Å². The zero-order valence-corrected chi connectivity index (χ0v) is 12.1. The second kappa shape index (κ2) is 5.43. The average Bonchev–Trinajstić information content (AvgIpc) is 3.06. The normalized spacial score (nSPS) is 17.9. The number of rotatable bonds is 4. The summed E-state index contributed by atoms with van der Waals surface area (Å²) in [6.07, 6.45) is 2.56. The fourth-order valence-electron chi connectivity index (χ4n) is 2.87. The SMILES string of the molecule is CC(CN1CCCC1)C(=O)c1csc2ccccc12. The van der Waals surface area contributed by atoms with Gasteiger partial charge in [-0.2, -0.15) is 0 Å². The summed E-state index contributed by atoms with van der Waals surface area (Å²) < 4.78 is 1.21. The van der Waals surface area contributed by atoms with Gasteiger partial charge in [-0.25, -0.2) is 0 Å². The van der Waals surface area contributed by atoms with Gasteiger partial charge >= 0.3 is 0 Å². The van der Waals surface area contributed by atoms with Gasteiger partial charge in [0.2, 0.25) is 0 Å². The van der Waals surface area contributed by atoms with Gasteiger partial charge in [0, 0.05) is 33.5 Å². The summed E-state index contributed by atoms with van der Waals surface area (Å²) in [5.74, 6) is 0.389. The number of fused-ring (bicyclic) bond motifs is 1. The van der Waals surface area contributed by atoms with Crippen LogP contribution in [0.5, 0.6) is 0 Å². The second-order valence-electron chi connectivity index (χ2n) is 5.42. The summed E-state index contributed by atoms with van der Waals surface area (Å²) >= 11 is 1.67. The highest BCUT2D eigenvalue weighted by molar-refractivity contribution is 7.17. The molecule has 0 bridgehead atoms. The summed E-state index contributed by atoms with van der Waals surface area (Å²) in [6.45, 7) is 5.28. The Hall–Kier alpha value is -1.19. The second-order valence-corrected chi connectivity index (χ2v) is 6.33. The first-order valence-electron chi connectivity index (χ1n) is 6.98. The molecule has 1 saturated heterocycles. The number of hydrogen-bond acceptors (Lipinski definition) is 3. The summed E-state index contributed by atoms with van der Waals surface area (Å²) in [4.78, 5) is 15.0. The lowest BCUT2D eigenvalue weighted by Crippen LogP contribution is -2.29. The monoisotopic (exact) mass is 273 g/mol. The molecule has 1 aliphatic rings. The van der Waals surface area contributed by atoms with E-state index in [4.69, 9.17) is 0 Å². The number of ketones is 1. The largest absolute Gasteiger partial charge is 0.303 e. The zero-order chi connectivity index (χ0) is 13.2. The van der Waals surface area contributed by atoms with Crippen LogP contribution in [0.1, 0.15) is 30.1 Å². The van der Waals surface area contributed by atoms with Crippen molar-refractivity contribution in [1.82, 2.24) is 4.90 Å². The van der Waals surface area contributed by atoms with Crippen LogP contribution in [0.2, 0.25) is 0 Å². The standard InChI is InChI=1S/C16H19NOS/c1-12(10-17-8-4-5-9-17)16(18)14-11-19-15-7-3-2-6-13(14)15/h2-3,6-7,11-12H,4-5,8-10H2,1H3. The molecule has 1 aromatic heterocycles. The molecule has 1 unspecified atom stereocenters. The van der Waals surface area contributed by atoms with E-state index in [0.717, 1.165) is 30.6 Å². The lowest BCUT2D eigenvalue weighted by molar-refractivity contribution is 0.0905. The quantitative estimate of drug-likeness (QED) is 0.789. The third kappa shape index (κ3) is 2.58. The molecule has 0 radical (unpaired) electrons. The Morgan fingerprint density at radius 3 is 2.84 bits per heavy atom. The van der Waals surface area contributed by atoms with Crippen LogP contribution < -0.4 is 0 Å². The summed E-state index contributed by atoms with van der Waals surface area (Å²) in [5.41, 5.74) is 0.910. The van der Waals surface area contributed by atoms with E-state index in [1.165, 1.54) is 17.5 Å². The number of carbonyl (C=O) groups is 1. The fraction of sp³-hybridized carbons (Fsp3) is 0.438. The molecule has 0 saturated carbocycles. The molecule has 2 nitrogen and oxygen atoms in total. The molecule has 2 heterocycles. The molecule has 0 aliphatic carbocycles. The minimum Gasteiger partial charge on any atom is -0.303 e. The van der Waals surface area contributed by atoms with E-state index < -0.39 is 0 Å². The van der Waals surface area contributed by atoms with E-state index in [9.17, 15) is 4.79 Å². The van der Waals surface area contributed by atoms with E-state index >= 15 is 0 Å². The number of nitrogens with zero attached hydrogens (tertiary/aromatic N) is 1. The molecular weight excluding hydrogens is 254 g/mol. The third-order valence-corrected chi connectivity index (χ3v) is 4.89. The summed E-state index contributed by atoms with van der Waals surface area (Å²) in [6, 6.07) is 8.18. The first-order chi connectivity index (χ1) is 9.25. The summed E-state index contributed by atoms with van der Waals surface area (Å²) in [5, 5.41) is 3.14. The molecule has 3 heteroatoms. The van der Waals surface area contributed by atoms with Crippen molar-refractivity contribution in [2.45, 2.75) is 19.8 Å². The predicted molar refractivity (Wildman–Crippen MR) is 81.0 cm³/mol. The Morgan fingerprint density at radius 2 is 2.05 bits per heavy atom. The summed E-state index contributed by atoms with van der Waals surface area (Å²) in [7, 11) is 0. The maximum atomic E-state index is 12.6. The Morgan fingerprint density at radius 1 is 1.32 bits per heavy atom. The highest BCUT2D eigenvalue weighted by Crippen LogP contribution is 2.28. The maximum Gasteiger partial charge on any atom is 0.168 e. The maximum absolute atomic E-state index is 12.6. The van der Waals surface area contributed by atoms with Gasteiger partial charge in [0.25, 0.3) is 0 Å². The molecule has 1 aliphatic heterocycles. The smallest absolute Gasteiger partial charge is 0.168 e. The van der Waals surface area contributed by atoms with Crippen LogP contribution in [-0.4, -0.2) is 30.3 Å². The number of Topliss-reactive ketones (excluding diaryl/α,β-unsaturated/α-hetero) is 1. The number of carbonyl (C=O) groups excluding carboxylic acids is 1. The molecule has 3 rings (SSSR count). The van der Waals surface area contributed by atoms with Gasteiger partial charge < -0.3 is 4.90 Å². The fourth-order valence-corrected chi connectivity index (χ4v) is 3.82. The third-order valence-electron chi connectivity index (χ3n) is 3.92. The van der Waals surface area contributed by atoms with Gasteiger partial charge in [-0.15, -0.1) is 11.3 Å². The van der Waals surface area contributed by atoms with Crippen molar-refractivity contribution in [3.8, 4) is 0 Å². The number of hydrogen-bond donors (Lipinski definition) is 0. The van der Waals surface area contributed by atoms with Gasteiger partial charge in [-0.05, 0) is 32.0 Å². The highest BCUT2D eigenvalue weighted by atomic mass is 32.1. The van der Waals surface area contributed by atoms with Crippen molar-refractivity contribution in [3.05, 3.63) is 35.2 Å². The van der Waals surface area contributed by atoms with E-state index in [0.29, 0.717) is 5.78 Å². The van der Waals surface area contributed by atoms with Gasteiger partial charge in [-0.3, -0.25) is 4.79 Å². The Bertz CT molecular complexity index is 583. The average molecular weight is 273 g/mol. The van der Waals surface area contributed by atoms with E-state index in [-0.39, 0.29) is 5.92 Å². The Kier molecular flexibility index (Phi) is 3.67. The Balaban J connectivity index is 1.78. The van der Waals surface area contributed by atoms with Crippen molar-refractivity contribution in [1.29, 1.82) is 0 Å². The number of benzene rings is 1. The molecule has 0 amide bonds. The molecule has 100 valence electrons. The molecule has 19 heavy (non-hydrogen) atoms. The lowest BCUT2D eigenvalue weighted by atomic mass is 9.98. The lowest BCUT2D eigenvalue weighted by Gasteiger charge is -2.19. The molecule has 0 N–H and O–H groups in total. The van der Waals surface area contributed by atoms with Gasteiger partial charge in [0.15, 0.2) is 5.78 Å². The molecule has 1 atom stereocenters. The zero-order valence-electron chi connectivity index (χ0n) is 11.3. The van der Waals surface area contributed by atoms with Gasteiger partial charge in [0.05, 0.1) is 0 Å². The highest BCUT2D eigenvalue weighted by Gasteiger charge is 2.22. The van der Waals surface area contributed by atoms with Gasteiger partial charge in [-0.1, -0.05) is 25.1 Å². The molecular formula is C16H19NOS. The first kappa shape index (κ1) is 12.8. The van der Waals surface area contributed by atoms with Crippen LogP contribution >= 0.6 is 11.3 Å². The van der Waals surface area contributed by atoms with Gasteiger partial charge in [0.1, 0.15) is 0 Å². The minimum atomic E-state index is 0.0936. The molecule has 2 aromatic rings.